The van der Waals surface area contributed by atoms with Gasteiger partial charge in [0.05, 0.1) is 14.2 Å². The zero-order valence-corrected chi connectivity index (χ0v) is 19.8. The number of phenolic OH excluding ortho intramolecular Hbond substituents is 1. The molecule has 2 unspecified atom stereocenters. The fraction of sp³-hybridized carbons (Fsp3) is 0.407. The Morgan fingerprint density at radius 2 is 1.52 bits per heavy atom. The Hall–Kier alpha value is -3.28. The van der Waals surface area contributed by atoms with Gasteiger partial charge in [0.2, 0.25) is 11.7 Å². The van der Waals surface area contributed by atoms with Crippen molar-refractivity contribution in [3.8, 4) is 17.2 Å². The van der Waals surface area contributed by atoms with Crippen LogP contribution in [0, 0.1) is 0 Å². The summed E-state index contributed by atoms with van der Waals surface area (Å²) in [6.07, 6.45) is 1.16. The van der Waals surface area contributed by atoms with Crippen molar-refractivity contribution in [1.82, 2.24) is 5.32 Å². The lowest BCUT2D eigenvalue weighted by Gasteiger charge is -2.35. The minimum Gasteiger partial charge on any atom is -0.502 e. The number of nitrogens with one attached hydrogen (secondary N) is 1. The number of amides is 1. The fourth-order valence-corrected chi connectivity index (χ4v) is 4.85. The van der Waals surface area contributed by atoms with E-state index in [1.54, 1.807) is 12.1 Å². The third-order valence-corrected chi connectivity index (χ3v) is 6.69. The van der Waals surface area contributed by atoms with Crippen molar-refractivity contribution >= 4 is 11.7 Å². The molecule has 1 amide bonds. The molecule has 0 saturated heterocycles. The molecule has 174 valence electrons. The van der Waals surface area contributed by atoms with Crippen LogP contribution in [0.5, 0.6) is 17.2 Å². The summed E-state index contributed by atoms with van der Waals surface area (Å²) in [5.74, 6) is -0.0809. The van der Waals surface area contributed by atoms with Crippen LogP contribution in [0.4, 0.5) is 0 Å². The largest absolute Gasteiger partial charge is 0.502 e. The average molecular weight is 450 g/mol. The Labute approximate surface area is 194 Å². The number of hydrogen-bond acceptors (Lipinski definition) is 5. The number of methoxy groups -OCH3 is 2. The highest BCUT2D eigenvalue weighted by Crippen LogP contribution is 2.46. The molecule has 0 fully saturated rings. The van der Waals surface area contributed by atoms with Crippen molar-refractivity contribution < 1.29 is 24.2 Å². The maximum atomic E-state index is 13.4. The van der Waals surface area contributed by atoms with Gasteiger partial charge in [0.1, 0.15) is 0 Å². The van der Waals surface area contributed by atoms with Crippen LogP contribution >= 0.6 is 0 Å². The highest BCUT2D eigenvalue weighted by molar-refractivity contribution is 6.02. The summed E-state index contributed by atoms with van der Waals surface area (Å²) in [5.41, 5.74) is 4.47. The molecular formula is C27H31NO5. The van der Waals surface area contributed by atoms with Gasteiger partial charge in [-0.2, -0.15) is 0 Å². The predicted octanol–water partition coefficient (Wildman–Crippen LogP) is 4.71. The summed E-state index contributed by atoms with van der Waals surface area (Å²) in [6, 6.07) is 11.8. The molecular weight excluding hydrogens is 418 g/mol. The molecule has 6 nitrogen and oxygen atoms in total. The van der Waals surface area contributed by atoms with Gasteiger partial charge in [-0.1, -0.05) is 45.0 Å². The number of Topliss-reactive ketones (excluding diaryl/α,β-unsaturated/α-hetero) is 1. The molecule has 0 bridgehead atoms. The van der Waals surface area contributed by atoms with Gasteiger partial charge in [-0.05, 0) is 46.6 Å². The van der Waals surface area contributed by atoms with Crippen LogP contribution < -0.4 is 14.8 Å². The zero-order chi connectivity index (χ0) is 23.9. The Bertz CT molecular complexity index is 1100. The second kappa shape index (κ2) is 8.58. The van der Waals surface area contributed by atoms with Gasteiger partial charge in [-0.25, -0.2) is 0 Å². The quantitative estimate of drug-likeness (QED) is 0.706. The van der Waals surface area contributed by atoms with Crippen molar-refractivity contribution in [2.45, 2.75) is 57.3 Å². The second-order valence-electron chi connectivity index (χ2n) is 9.87. The van der Waals surface area contributed by atoms with Crippen molar-refractivity contribution in [3.63, 3.8) is 0 Å². The zero-order valence-electron chi connectivity index (χ0n) is 19.8. The molecule has 33 heavy (non-hydrogen) atoms. The van der Waals surface area contributed by atoms with Crippen LogP contribution in [0.25, 0.3) is 0 Å². The van der Waals surface area contributed by atoms with Gasteiger partial charge in [-0.15, -0.1) is 0 Å². The number of allylic oxidation sites excluding steroid dienone is 2. The van der Waals surface area contributed by atoms with Crippen molar-refractivity contribution in [2.24, 2.45) is 0 Å². The van der Waals surface area contributed by atoms with E-state index in [0.29, 0.717) is 29.7 Å². The van der Waals surface area contributed by atoms with Crippen molar-refractivity contribution in [1.29, 1.82) is 0 Å². The normalized spacial score (nSPS) is 20.9. The molecule has 0 radical (unpaired) electrons. The van der Waals surface area contributed by atoms with Crippen LogP contribution in [0.1, 0.15) is 68.6 Å². The van der Waals surface area contributed by atoms with Crippen molar-refractivity contribution in [3.05, 3.63) is 64.4 Å². The number of ether oxygens (including phenoxy) is 2. The number of hydrogen-bond donors (Lipinski definition) is 2. The topological polar surface area (TPSA) is 84.9 Å². The van der Waals surface area contributed by atoms with Gasteiger partial charge >= 0.3 is 0 Å². The lowest BCUT2D eigenvalue weighted by Crippen LogP contribution is -2.38. The Balaban J connectivity index is 1.70. The summed E-state index contributed by atoms with van der Waals surface area (Å²) in [5, 5.41) is 13.2. The number of phenols is 1. The number of rotatable bonds is 4. The van der Waals surface area contributed by atoms with E-state index >= 15 is 0 Å². The van der Waals surface area contributed by atoms with Crippen LogP contribution in [-0.2, 0) is 15.0 Å². The molecule has 1 aliphatic heterocycles. The lowest BCUT2D eigenvalue weighted by molar-refractivity contribution is -0.122. The molecule has 0 spiro atoms. The Kier molecular flexibility index (Phi) is 5.95. The summed E-state index contributed by atoms with van der Waals surface area (Å²) >= 11 is 0. The second-order valence-corrected chi connectivity index (χ2v) is 9.87. The van der Waals surface area contributed by atoms with Crippen LogP contribution in [-0.4, -0.2) is 31.0 Å². The smallest absolute Gasteiger partial charge is 0.225 e. The first-order valence-electron chi connectivity index (χ1n) is 11.2. The summed E-state index contributed by atoms with van der Waals surface area (Å²) in [6.45, 7) is 6.52. The molecule has 2 aromatic carbocycles. The predicted molar refractivity (Wildman–Crippen MR) is 126 cm³/mol. The first kappa shape index (κ1) is 22.9. The average Bonchev–Trinajstić information content (AvgIpc) is 2.77. The van der Waals surface area contributed by atoms with Crippen LogP contribution in [0.2, 0.25) is 0 Å². The third-order valence-electron chi connectivity index (χ3n) is 6.69. The van der Waals surface area contributed by atoms with Gasteiger partial charge in [0.25, 0.3) is 0 Å². The number of carbonyl (C=O) groups excluding carboxylic acids is 2. The van der Waals surface area contributed by atoms with E-state index in [1.165, 1.54) is 19.8 Å². The molecule has 2 aliphatic rings. The first-order chi connectivity index (χ1) is 15.6. The van der Waals surface area contributed by atoms with E-state index in [4.69, 9.17) is 9.47 Å². The highest BCUT2D eigenvalue weighted by atomic mass is 16.5. The summed E-state index contributed by atoms with van der Waals surface area (Å²) in [4.78, 5) is 26.0. The monoisotopic (exact) mass is 449 g/mol. The van der Waals surface area contributed by atoms with Gasteiger partial charge in [-0.3, -0.25) is 9.59 Å². The third kappa shape index (κ3) is 4.34. The Morgan fingerprint density at radius 1 is 0.909 bits per heavy atom. The summed E-state index contributed by atoms with van der Waals surface area (Å²) < 4.78 is 10.6. The van der Waals surface area contributed by atoms with E-state index in [-0.39, 0.29) is 46.7 Å². The number of carbonyl (C=O) groups is 2. The SMILES string of the molecule is COc1cc(C2CC(=O)NC3=C2C(=O)CC(c2ccc(C(C)(C)C)cc2)C3)cc(OC)c1O. The van der Waals surface area contributed by atoms with Crippen LogP contribution in [0.3, 0.4) is 0 Å². The number of aromatic hydroxyl groups is 1. The van der Waals surface area contributed by atoms with Gasteiger partial charge < -0.3 is 19.9 Å². The molecule has 2 aromatic rings. The highest BCUT2D eigenvalue weighted by Gasteiger charge is 2.38. The number of ketones is 1. The molecule has 1 heterocycles. The maximum absolute atomic E-state index is 13.4. The van der Waals surface area contributed by atoms with E-state index in [9.17, 15) is 14.7 Å². The number of benzene rings is 2. The molecule has 2 N–H and O–H groups in total. The summed E-state index contributed by atoms with van der Waals surface area (Å²) in [7, 11) is 2.91. The fourth-order valence-electron chi connectivity index (χ4n) is 4.85. The minimum atomic E-state index is -0.408. The molecule has 4 rings (SSSR count). The van der Waals surface area contributed by atoms with E-state index in [1.807, 2.05) is 0 Å². The minimum absolute atomic E-state index is 0.0215. The standard InChI is InChI=1S/C27H31NO5/c1-27(2,3)18-8-6-15(7-9-18)16-10-20-25(21(29)11-16)19(14-24(30)28-20)17-12-22(32-4)26(31)23(13-17)33-5/h6-9,12-13,16,19,31H,10-11,14H2,1-5H3,(H,28,30). The van der Waals surface area contributed by atoms with E-state index in [0.717, 1.165) is 5.56 Å². The lowest BCUT2D eigenvalue weighted by atomic mass is 9.73. The van der Waals surface area contributed by atoms with Crippen molar-refractivity contribution in [2.75, 3.05) is 14.2 Å². The molecule has 0 saturated carbocycles. The van der Waals surface area contributed by atoms with Gasteiger partial charge in [0, 0.05) is 30.0 Å². The maximum Gasteiger partial charge on any atom is 0.225 e. The van der Waals surface area contributed by atoms with E-state index in [2.05, 4.69) is 50.4 Å². The van der Waals surface area contributed by atoms with Crippen LogP contribution in [0.15, 0.2) is 47.7 Å². The first-order valence-corrected chi connectivity index (χ1v) is 11.2. The molecule has 1 aliphatic carbocycles. The molecule has 6 heteroatoms. The molecule has 2 atom stereocenters. The van der Waals surface area contributed by atoms with E-state index < -0.39 is 5.92 Å². The molecule has 0 aromatic heterocycles. The Morgan fingerprint density at radius 3 is 2.06 bits per heavy atom. The van der Waals surface area contributed by atoms with Gasteiger partial charge in [0.15, 0.2) is 17.3 Å².